The number of furan rings is 1. The molecule has 5 nitrogen and oxygen atoms in total. The lowest BCUT2D eigenvalue weighted by atomic mass is 10.2. The van der Waals surface area contributed by atoms with E-state index in [-0.39, 0.29) is 5.91 Å². The Morgan fingerprint density at radius 3 is 2.73 bits per heavy atom. The van der Waals surface area contributed by atoms with Crippen molar-refractivity contribution in [2.75, 3.05) is 13.7 Å². The molecule has 0 aliphatic heterocycles. The van der Waals surface area contributed by atoms with Gasteiger partial charge in [-0.3, -0.25) is 4.79 Å². The Balaban J connectivity index is 2.14. The molecule has 0 unspecified atom stereocenters. The largest absolute Gasteiger partial charge is 0.468 e. The van der Waals surface area contributed by atoms with Gasteiger partial charge >= 0.3 is 5.97 Å². The molecule has 0 saturated heterocycles. The number of nitrogens with one attached hydrogen (secondary N) is 1. The average Bonchev–Trinajstić information content (AvgIpc) is 3.01. The van der Waals surface area contributed by atoms with E-state index >= 15 is 0 Å². The molecular formula is C16H17NO4S. The third-order valence-electron chi connectivity index (χ3n) is 2.98. The van der Waals surface area contributed by atoms with Crippen molar-refractivity contribution in [3.8, 4) is 0 Å². The molecule has 0 aliphatic carbocycles. The molecule has 1 N–H and O–H groups in total. The summed E-state index contributed by atoms with van der Waals surface area (Å²) in [6.45, 7) is 2.45. The Morgan fingerprint density at radius 2 is 2.00 bits per heavy atom. The molecule has 0 radical (unpaired) electrons. The van der Waals surface area contributed by atoms with Crippen LogP contribution in [0.4, 0.5) is 0 Å². The van der Waals surface area contributed by atoms with Crippen LogP contribution in [-0.4, -0.2) is 25.5 Å². The average molecular weight is 319 g/mol. The number of benzene rings is 1. The second kappa shape index (κ2) is 7.70. The molecule has 0 spiro atoms. The molecule has 2 aromatic rings. The molecule has 0 fully saturated rings. The van der Waals surface area contributed by atoms with E-state index in [1.54, 1.807) is 12.1 Å². The van der Waals surface area contributed by atoms with E-state index in [4.69, 9.17) is 9.15 Å². The van der Waals surface area contributed by atoms with E-state index in [0.29, 0.717) is 29.2 Å². The monoisotopic (exact) mass is 319 g/mol. The van der Waals surface area contributed by atoms with Gasteiger partial charge in [0.2, 0.25) is 0 Å². The summed E-state index contributed by atoms with van der Waals surface area (Å²) in [5, 5.41) is 2.78. The molecule has 0 saturated carbocycles. The van der Waals surface area contributed by atoms with Gasteiger partial charge in [0.15, 0.2) is 0 Å². The van der Waals surface area contributed by atoms with Crippen LogP contribution >= 0.6 is 11.8 Å². The van der Waals surface area contributed by atoms with Gasteiger partial charge in [0.25, 0.3) is 5.91 Å². The van der Waals surface area contributed by atoms with Crippen molar-refractivity contribution in [3.63, 3.8) is 0 Å². The van der Waals surface area contributed by atoms with Crippen LogP contribution in [0, 0.1) is 0 Å². The highest BCUT2D eigenvalue weighted by Gasteiger charge is 2.16. The maximum atomic E-state index is 12.0. The minimum absolute atomic E-state index is 0.113. The number of esters is 1. The number of amides is 1. The fourth-order valence-corrected chi connectivity index (χ4v) is 2.92. The fraction of sp³-hybridized carbons (Fsp3) is 0.250. The molecule has 6 heteroatoms. The number of carbonyl (C=O) groups is 2. The number of carbonyl (C=O) groups excluding carboxylic acids is 2. The minimum atomic E-state index is -0.429. The van der Waals surface area contributed by atoms with Crippen LogP contribution in [0.25, 0.3) is 0 Å². The quantitative estimate of drug-likeness (QED) is 0.654. The Bertz CT molecular complexity index is 666. The van der Waals surface area contributed by atoms with Crippen LogP contribution in [0.15, 0.2) is 45.9 Å². The summed E-state index contributed by atoms with van der Waals surface area (Å²) in [5.74, 6) is 0.426. The Hall–Kier alpha value is -2.21. The molecule has 1 amide bonds. The van der Waals surface area contributed by atoms with Crippen LogP contribution in [0.5, 0.6) is 0 Å². The molecule has 116 valence electrons. The Labute approximate surface area is 133 Å². The zero-order valence-electron chi connectivity index (χ0n) is 12.4. The van der Waals surface area contributed by atoms with E-state index in [2.05, 4.69) is 5.32 Å². The van der Waals surface area contributed by atoms with Crippen LogP contribution in [0.2, 0.25) is 0 Å². The van der Waals surface area contributed by atoms with Crippen molar-refractivity contribution < 1.29 is 18.7 Å². The molecule has 1 heterocycles. The zero-order chi connectivity index (χ0) is 15.9. The highest BCUT2D eigenvalue weighted by molar-refractivity contribution is 7.98. The summed E-state index contributed by atoms with van der Waals surface area (Å²) in [6, 6.07) is 8.92. The van der Waals surface area contributed by atoms with Gasteiger partial charge in [0.05, 0.1) is 24.7 Å². The molecule has 0 aliphatic rings. The molecule has 0 bridgehead atoms. The lowest BCUT2D eigenvalue weighted by Gasteiger charge is -2.08. The van der Waals surface area contributed by atoms with Gasteiger partial charge < -0.3 is 14.5 Å². The van der Waals surface area contributed by atoms with Gasteiger partial charge in [0, 0.05) is 11.4 Å². The predicted octanol–water partition coefficient (Wildman–Crippen LogP) is 3.11. The standard InChI is InChI=1S/C16H17NO4S/c1-3-17-15(18)12-6-4-5-7-14(12)22-10-13-11(8-9-21-13)16(19)20-2/h4-9H,3,10H2,1-2H3,(H,17,18). The SMILES string of the molecule is CCNC(=O)c1ccccc1SCc1occc1C(=O)OC. The molecule has 22 heavy (non-hydrogen) atoms. The van der Waals surface area contributed by atoms with Gasteiger partial charge in [-0.2, -0.15) is 0 Å². The minimum Gasteiger partial charge on any atom is -0.468 e. The molecule has 2 rings (SSSR count). The first-order chi connectivity index (χ1) is 10.7. The third-order valence-corrected chi connectivity index (χ3v) is 4.05. The smallest absolute Gasteiger partial charge is 0.341 e. The van der Waals surface area contributed by atoms with Crippen LogP contribution < -0.4 is 5.32 Å². The van der Waals surface area contributed by atoms with E-state index < -0.39 is 5.97 Å². The van der Waals surface area contributed by atoms with Crippen molar-refractivity contribution in [1.29, 1.82) is 0 Å². The number of methoxy groups -OCH3 is 1. The summed E-state index contributed by atoms with van der Waals surface area (Å²) < 4.78 is 10.0. The normalized spacial score (nSPS) is 10.3. The van der Waals surface area contributed by atoms with Crippen molar-refractivity contribution >= 4 is 23.6 Å². The summed E-state index contributed by atoms with van der Waals surface area (Å²) in [4.78, 5) is 24.5. The van der Waals surface area contributed by atoms with Gasteiger partial charge in [0.1, 0.15) is 11.3 Å². The second-order valence-corrected chi connectivity index (χ2v) is 5.41. The number of ether oxygens (including phenoxy) is 1. The first-order valence-corrected chi connectivity index (χ1v) is 7.80. The summed E-state index contributed by atoms with van der Waals surface area (Å²) in [5.41, 5.74) is 1.02. The number of hydrogen-bond donors (Lipinski definition) is 1. The van der Waals surface area contributed by atoms with Gasteiger partial charge in [-0.15, -0.1) is 11.8 Å². The van der Waals surface area contributed by atoms with Crippen molar-refractivity contribution in [3.05, 3.63) is 53.5 Å². The van der Waals surface area contributed by atoms with Gasteiger partial charge in [-0.25, -0.2) is 4.79 Å². The summed E-state index contributed by atoms with van der Waals surface area (Å²) in [6.07, 6.45) is 1.46. The predicted molar refractivity (Wildman–Crippen MR) is 84.1 cm³/mol. The number of rotatable bonds is 6. The Morgan fingerprint density at radius 1 is 1.23 bits per heavy atom. The lowest BCUT2D eigenvalue weighted by Crippen LogP contribution is -2.23. The van der Waals surface area contributed by atoms with Crippen LogP contribution in [0.3, 0.4) is 0 Å². The number of thioether (sulfide) groups is 1. The molecule has 1 aromatic heterocycles. The first-order valence-electron chi connectivity index (χ1n) is 6.82. The maximum Gasteiger partial charge on any atom is 0.341 e. The van der Waals surface area contributed by atoms with Crippen LogP contribution in [-0.2, 0) is 10.5 Å². The Kier molecular flexibility index (Phi) is 5.66. The fourth-order valence-electron chi connectivity index (χ4n) is 1.92. The summed E-state index contributed by atoms with van der Waals surface area (Å²) in [7, 11) is 1.33. The highest BCUT2D eigenvalue weighted by atomic mass is 32.2. The van der Waals surface area contributed by atoms with Gasteiger partial charge in [-0.1, -0.05) is 12.1 Å². The van der Waals surface area contributed by atoms with Crippen LogP contribution in [0.1, 0.15) is 33.4 Å². The summed E-state index contributed by atoms with van der Waals surface area (Å²) >= 11 is 1.44. The third kappa shape index (κ3) is 3.71. The van der Waals surface area contributed by atoms with Gasteiger partial charge in [-0.05, 0) is 25.1 Å². The topological polar surface area (TPSA) is 68.5 Å². The maximum absolute atomic E-state index is 12.0. The van der Waals surface area contributed by atoms with Crippen molar-refractivity contribution in [2.45, 2.75) is 17.6 Å². The zero-order valence-corrected chi connectivity index (χ0v) is 13.2. The molecule has 1 aromatic carbocycles. The van der Waals surface area contributed by atoms with E-state index in [9.17, 15) is 9.59 Å². The van der Waals surface area contributed by atoms with E-state index in [1.165, 1.54) is 25.1 Å². The van der Waals surface area contributed by atoms with Crippen molar-refractivity contribution in [2.24, 2.45) is 0 Å². The molecule has 0 atom stereocenters. The highest BCUT2D eigenvalue weighted by Crippen LogP contribution is 2.28. The molecular weight excluding hydrogens is 302 g/mol. The van der Waals surface area contributed by atoms with E-state index in [1.807, 2.05) is 25.1 Å². The first kappa shape index (κ1) is 16.2. The van der Waals surface area contributed by atoms with E-state index in [0.717, 1.165) is 4.90 Å². The van der Waals surface area contributed by atoms with Crippen molar-refractivity contribution in [1.82, 2.24) is 5.32 Å². The number of hydrogen-bond acceptors (Lipinski definition) is 5. The second-order valence-electron chi connectivity index (χ2n) is 4.39. The lowest BCUT2D eigenvalue weighted by molar-refractivity contribution is 0.0598.